The number of likely N-dealkylation sites (tertiary alicyclic amines) is 1. The molecule has 0 saturated carbocycles. The summed E-state index contributed by atoms with van der Waals surface area (Å²) in [6.45, 7) is 2.38. The molecule has 20 heavy (non-hydrogen) atoms. The predicted molar refractivity (Wildman–Crippen MR) is 75.0 cm³/mol. The molecule has 4 nitrogen and oxygen atoms in total. The molecule has 1 amide bonds. The quantitative estimate of drug-likeness (QED) is 0.898. The molecule has 2 atom stereocenters. The first kappa shape index (κ1) is 15.0. The van der Waals surface area contributed by atoms with Crippen LogP contribution in [0.3, 0.4) is 0 Å². The van der Waals surface area contributed by atoms with Crippen molar-refractivity contribution in [3.63, 3.8) is 0 Å². The summed E-state index contributed by atoms with van der Waals surface area (Å²) in [7, 11) is 0. The van der Waals surface area contributed by atoms with E-state index in [0.29, 0.717) is 17.4 Å². The van der Waals surface area contributed by atoms with Crippen LogP contribution in [0.25, 0.3) is 0 Å². The van der Waals surface area contributed by atoms with Gasteiger partial charge >= 0.3 is 5.97 Å². The number of halogens is 2. The Morgan fingerprint density at radius 3 is 2.75 bits per heavy atom. The molecular formula is C14H15BrFNO3. The maximum Gasteiger partial charge on any atom is 0.326 e. The molecule has 1 N–H and O–H groups in total. The second-order valence-corrected chi connectivity index (χ2v) is 5.96. The Hall–Kier alpha value is -1.43. The molecule has 1 aliphatic rings. The number of carboxylic acid groups (broad SMARTS) is 1. The molecule has 0 bridgehead atoms. The van der Waals surface area contributed by atoms with E-state index in [1.165, 1.54) is 23.1 Å². The fraction of sp³-hybridized carbons (Fsp3) is 0.429. The summed E-state index contributed by atoms with van der Waals surface area (Å²) in [6.07, 6.45) is 1.22. The number of hydrogen-bond acceptors (Lipinski definition) is 2. The SMILES string of the molecule is CC1CCN(C(=O)c2ccc(F)cc2Br)C(C(=O)O)C1. The molecular weight excluding hydrogens is 329 g/mol. The zero-order valence-corrected chi connectivity index (χ0v) is 12.6. The van der Waals surface area contributed by atoms with Crippen LogP contribution in [0.15, 0.2) is 22.7 Å². The summed E-state index contributed by atoms with van der Waals surface area (Å²) < 4.78 is 13.4. The normalized spacial score (nSPS) is 22.6. The van der Waals surface area contributed by atoms with Gasteiger partial charge in [0, 0.05) is 11.0 Å². The van der Waals surface area contributed by atoms with Crippen molar-refractivity contribution in [3.05, 3.63) is 34.1 Å². The van der Waals surface area contributed by atoms with Gasteiger partial charge in [-0.1, -0.05) is 6.92 Å². The van der Waals surface area contributed by atoms with E-state index in [4.69, 9.17) is 0 Å². The molecule has 6 heteroatoms. The van der Waals surface area contributed by atoms with Crippen LogP contribution in [-0.4, -0.2) is 34.5 Å². The van der Waals surface area contributed by atoms with Gasteiger partial charge in [-0.15, -0.1) is 0 Å². The van der Waals surface area contributed by atoms with E-state index >= 15 is 0 Å². The number of carbonyl (C=O) groups is 2. The minimum absolute atomic E-state index is 0.275. The highest BCUT2D eigenvalue weighted by atomic mass is 79.9. The van der Waals surface area contributed by atoms with Gasteiger partial charge in [0.1, 0.15) is 11.9 Å². The summed E-state index contributed by atoms with van der Waals surface area (Å²) >= 11 is 3.15. The fourth-order valence-electron chi connectivity index (χ4n) is 2.44. The summed E-state index contributed by atoms with van der Waals surface area (Å²) in [6, 6.07) is 2.96. The second kappa shape index (κ2) is 5.91. The van der Waals surface area contributed by atoms with Gasteiger partial charge in [0.2, 0.25) is 0 Å². The lowest BCUT2D eigenvalue weighted by molar-refractivity contribution is -0.144. The highest BCUT2D eigenvalue weighted by Gasteiger charge is 2.35. The number of aliphatic carboxylic acids is 1. The Balaban J connectivity index is 2.28. The van der Waals surface area contributed by atoms with Gasteiger partial charge in [0.05, 0.1) is 5.56 Å². The van der Waals surface area contributed by atoms with Crippen molar-refractivity contribution >= 4 is 27.8 Å². The van der Waals surface area contributed by atoms with E-state index in [1.54, 1.807) is 0 Å². The molecule has 0 aromatic heterocycles. The van der Waals surface area contributed by atoms with Gasteiger partial charge in [-0.05, 0) is 52.9 Å². The number of carbonyl (C=O) groups excluding carboxylic acids is 1. The summed E-state index contributed by atoms with van der Waals surface area (Å²) in [5.41, 5.74) is 0.284. The standard InChI is InChI=1S/C14H15BrFNO3/c1-8-4-5-17(12(6-8)14(19)20)13(18)10-3-2-9(16)7-11(10)15/h2-3,7-8,12H,4-6H2,1H3,(H,19,20). The Morgan fingerprint density at radius 1 is 1.45 bits per heavy atom. The third-order valence-corrected chi connectivity index (χ3v) is 4.23. The third-order valence-electron chi connectivity index (χ3n) is 3.57. The van der Waals surface area contributed by atoms with Crippen molar-refractivity contribution in [1.29, 1.82) is 0 Å². The topological polar surface area (TPSA) is 57.6 Å². The third kappa shape index (κ3) is 3.00. The molecule has 2 rings (SSSR count). The molecule has 1 saturated heterocycles. The van der Waals surface area contributed by atoms with E-state index in [-0.39, 0.29) is 17.4 Å². The van der Waals surface area contributed by atoms with E-state index in [9.17, 15) is 19.1 Å². The predicted octanol–water partition coefficient (Wildman–Crippen LogP) is 2.91. The zero-order valence-electron chi connectivity index (χ0n) is 11.0. The monoisotopic (exact) mass is 343 g/mol. The highest BCUT2D eigenvalue weighted by molar-refractivity contribution is 9.10. The average Bonchev–Trinajstić information content (AvgIpc) is 2.37. The summed E-state index contributed by atoms with van der Waals surface area (Å²) in [5, 5.41) is 9.27. The molecule has 0 aliphatic carbocycles. The van der Waals surface area contributed by atoms with Gasteiger partial charge in [0.15, 0.2) is 0 Å². The van der Waals surface area contributed by atoms with Gasteiger partial charge in [0.25, 0.3) is 5.91 Å². The molecule has 0 spiro atoms. The molecule has 1 heterocycles. The van der Waals surface area contributed by atoms with Crippen LogP contribution in [0, 0.1) is 11.7 Å². The van der Waals surface area contributed by atoms with E-state index < -0.39 is 17.8 Å². The lowest BCUT2D eigenvalue weighted by Gasteiger charge is -2.36. The Labute approximate surface area is 124 Å². The van der Waals surface area contributed by atoms with Crippen LogP contribution in [-0.2, 0) is 4.79 Å². The minimum Gasteiger partial charge on any atom is -0.480 e. The van der Waals surface area contributed by atoms with E-state index in [0.717, 1.165) is 6.42 Å². The molecule has 1 aromatic rings. The zero-order chi connectivity index (χ0) is 14.9. The number of hydrogen-bond donors (Lipinski definition) is 1. The van der Waals surface area contributed by atoms with Crippen LogP contribution in [0.2, 0.25) is 0 Å². The van der Waals surface area contributed by atoms with Gasteiger partial charge < -0.3 is 10.0 Å². The molecule has 0 radical (unpaired) electrons. The van der Waals surface area contributed by atoms with Crippen LogP contribution < -0.4 is 0 Å². The molecule has 1 fully saturated rings. The first-order valence-corrected chi connectivity index (χ1v) is 7.18. The van der Waals surface area contributed by atoms with Crippen molar-refractivity contribution in [3.8, 4) is 0 Å². The van der Waals surface area contributed by atoms with E-state index in [2.05, 4.69) is 15.9 Å². The Kier molecular flexibility index (Phi) is 4.42. The maximum atomic E-state index is 13.1. The number of benzene rings is 1. The summed E-state index contributed by atoms with van der Waals surface area (Å²) in [5.74, 6) is -1.55. The maximum absolute atomic E-state index is 13.1. The summed E-state index contributed by atoms with van der Waals surface area (Å²) in [4.78, 5) is 25.1. The Morgan fingerprint density at radius 2 is 2.15 bits per heavy atom. The van der Waals surface area contributed by atoms with Gasteiger partial charge in [-0.2, -0.15) is 0 Å². The first-order valence-electron chi connectivity index (χ1n) is 6.39. The minimum atomic E-state index is -0.997. The van der Waals surface area contributed by atoms with Crippen LogP contribution in [0.4, 0.5) is 4.39 Å². The number of piperidine rings is 1. The largest absolute Gasteiger partial charge is 0.480 e. The van der Waals surface area contributed by atoms with Crippen molar-refractivity contribution in [2.24, 2.45) is 5.92 Å². The first-order chi connectivity index (χ1) is 9.40. The van der Waals surface area contributed by atoms with E-state index in [1.807, 2.05) is 6.92 Å². The van der Waals surface area contributed by atoms with Crippen molar-refractivity contribution in [2.45, 2.75) is 25.8 Å². The molecule has 108 valence electrons. The van der Waals surface area contributed by atoms with Gasteiger partial charge in [-0.3, -0.25) is 4.79 Å². The highest BCUT2D eigenvalue weighted by Crippen LogP contribution is 2.27. The molecule has 1 aliphatic heterocycles. The Bertz CT molecular complexity index is 549. The van der Waals surface area contributed by atoms with Crippen molar-refractivity contribution < 1.29 is 19.1 Å². The molecule has 2 unspecified atom stereocenters. The lowest BCUT2D eigenvalue weighted by atomic mass is 9.92. The molecule has 1 aromatic carbocycles. The second-order valence-electron chi connectivity index (χ2n) is 5.11. The van der Waals surface area contributed by atoms with Crippen LogP contribution in [0.5, 0.6) is 0 Å². The number of carboxylic acids is 1. The fourth-order valence-corrected chi connectivity index (χ4v) is 2.96. The number of amides is 1. The van der Waals surface area contributed by atoms with Gasteiger partial charge in [-0.25, -0.2) is 9.18 Å². The van der Waals surface area contributed by atoms with Crippen molar-refractivity contribution in [1.82, 2.24) is 4.90 Å². The number of nitrogens with zero attached hydrogens (tertiary/aromatic N) is 1. The van der Waals surface area contributed by atoms with Crippen LogP contribution >= 0.6 is 15.9 Å². The number of rotatable bonds is 2. The lowest BCUT2D eigenvalue weighted by Crippen LogP contribution is -2.49. The average molecular weight is 344 g/mol. The smallest absolute Gasteiger partial charge is 0.326 e. The van der Waals surface area contributed by atoms with Crippen molar-refractivity contribution in [2.75, 3.05) is 6.54 Å². The van der Waals surface area contributed by atoms with Crippen LogP contribution in [0.1, 0.15) is 30.1 Å².